The predicted molar refractivity (Wildman–Crippen MR) is 77.2 cm³/mol. The molecular weight excluding hydrogens is 238 g/mol. The molecule has 0 aromatic heterocycles. The average molecular weight is 261 g/mol. The van der Waals surface area contributed by atoms with Gasteiger partial charge in [0.2, 0.25) is 0 Å². The van der Waals surface area contributed by atoms with E-state index in [4.69, 9.17) is 4.74 Å². The fourth-order valence-corrected chi connectivity index (χ4v) is 2.58. The lowest BCUT2D eigenvalue weighted by atomic mass is 10.1. The topological polar surface area (TPSA) is 41.5 Å². The monoisotopic (exact) mass is 261 g/mol. The lowest BCUT2D eigenvalue weighted by Gasteiger charge is -2.13. The molecule has 2 unspecified atom stereocenters. The van der Waals surface area contributed by atoms with E-state index < -0.39 is 0 Å². The van der Waals surface area contributed by atoms with Crippen molar-refractivity contribution in [2.45, 2.75) is 31.9 Å². The van der Waals surface area contributed by atoms with Crippen molar-refractivity contribution in [3.63, 3.8) is 0 Å². The van der Waals surface area contributed by atoms with Gasteiger partial charge in [-0.2, -0.15) is 0 Å². The molecule has 2 atom stereocenters. The van der Waals surface area contributed by atoms with Gasteiger partial charge in [-0.25, -0.2) is 0 Å². The van der Waals surface area contributed by atoms with Crippen LogP contribution < -0.4 is 10.1 Å². The molecule has 2 rings (SSSR count). The largest absolute Gasteiger partial charge is 0.489 e. The van der Waals surface area contributed by atoms with Gasteiger partial charge in [-0.15, -0.1) is 0 Å². The molecule has 1 fully saturated rings. The van der Waals surface area contributed by atoms with E-state index in [1.165, 1.54) is 5.56 Å². The summed E-state index contributed by atoms with van der Waals surface area (Å²) < 4.78 is 5.63. The fourth-order valence-electron chi connectivity index (χ4n) is 2.58. The highest BCUT2D eigenvalue weighted by molar-refractivity contribution is 5.33. The summed E-state index contributed by atoms with van der Waals surface area (Å²) in [6, 6.07) is 8.07. The van der Waals surface area contributed by atoms with Gasteiger partial charge in [0.25, 0.3) is 0 Å². The van der Waals surface area contributed by atoms with Crippen LogP contribution in [0.25, 0.3) is 0 Å². The van der Waals surface area contributed by atoms with Crippen molar-refractivity contribution < 1.29 is 9.84 Å². The third kappa shape index (κ3) is 4.37. The van der Waals surface area contributed by atoms with Gasteiger partial charge >= 0.3 is 0 Å². The van der Waals surface area contributed by atoms with Gasteiger partial charge in [-0.05, 0) is 37.8 Å². The van der Waals surface area contributed by atoms with Crippen LogP contribution in [0.4, 0.5) is 0 Å². The molecule has 0 aliphatic heterocycles. The minimum Gasteiger partial charge on any atom is -0.489 e. The number of para-hydroxylation sites is 1. The molecule has 0 spiro atoms. The summed E-state index contributed by atoms with van der Waals surface area (Å²) in [6.45, 7) is 5.97. The van der Waals surface area contributed by atoms with E-state index in [2.05, 4.69) is 18.0 Å². The summed E-state index contributed by atoms with van der Waals surface area (Å²) in [6.07, 6.45) is 4.68. The summed E-state index contributed by atoms with van der Waals surface area (Å²) >= 11 is 0. The molecule has 0 radical (unpaired) electrons. The van der Waals surface area contributed by atoms with Crippen LogP contribution in [0.3, 0.4) is 0 Å². The van der Waals surface area contributed by atoms with Gasteiger partial charge in [0, 0.05) is 12.1 Å². The van der Waals surface area contributed by atoms with Crippen LogP contribution in [0.15, 0.2) is 36.9 Å². The lowest BCUT2D eigenvalue weighted by molar-refractivity contribution is 0.177. The molecule has 2 N–H and O–H groups in total. The lowest BCUT2D eigenvalue weighted by Crippen LogP contribution is -2.21. The summed E-state index contributed by atoms with van der Waals surface area (Å²) in [7, 11) is 0. The van der Waals surface area contributed by atoms with Gasteiger partial charge in [-0.1, -0.05) is 30.9 Å². The van der Waals surface area contributed by atoms with E-state index in [0.29, 0.717) is 12.5 Å². The Hall–Kier alpha value is -1.32. The molecule has 1 aromatic carbocycles. The van der Waals surface area contributed by atoms with E-state index in [1.807, 2.05) is 18.2 Å². The molecule has 0 saturated heterocycles. The first kappa shape index (κ1) is 14.1. The van der Waals surface area contributed by atoms with Crippen molar-refractivity contribution in [2.75, 3.05) is 13.2 Å². The molecule has 1 saturated carbocycles. The number of nitrogens with one attached hydrogen (secondary N) is 1. The summed E-state index contributed by atoms with van der Waals surface area (Å²) in [5, 5.41) is 13.0. The van der Waals surface area contributed by atoms with Crippen LogP contribution in [0.1, 0.15) is 24.8 Å². The minimum atomic E-state index is -0.0880. The molecule has 0 heterocycles. The average Bonchev–Trinajstić information content (AvgIpc) is 2.83. The van der Waals surface area contributed by atoms with Gasteiger partial charge in [-0.3, -0.25) is 0 Å². The second-order valence-corrected chi connectivity index (χ2v) is 5.17. The Kier molecular flexibility index (Phi) is 5.43. The number of aliphatic hydroxyl groups excluding tert-OH is 1. The van der Waals surface area contributed by atoms with E-state index in [9.17, 15) is 5.11 Å². The molecule has 1 aromatic rings. The van der Waals surface area contributed by atoms with Gasteiger partial charge in [0.1, 0.15) is 12.4 Å². The maximum atomic E-state index is 9.50. The molecule has 1 aliphatic rings. The van der Waals surface area contributed by atoms with Gasteiger partial charge < -0.3 is 15.2 Å². The molecule has 1 aliphatic carbocycles. The zero-order valence-electron chi connectivity index (χ0n) is 11.3. The molecule has 19 heavy (non-hydrogen) atoms. The van der Waals surface area contributed by atoms with Crippen molar-refractivity contribution in [3.05, 3.63) is 42.5 Å². The minimum absolute atomic E-state index is 0.0880. The van der Waals surface area contributed by atoms with E-state index >= 15 is 0 Å². The maximum absolute atomic E-state index is 9.50. The molecule has 3 heteroatoms. The van der Waals surface area contributed by atoms with Crippen molar-refractivity contribution >= 4 is 0 Å². The number of aliphatic hydroxyl groups is 1. The highest BCUT2D eigenvalue weighted by Gasteiger charge is 2.22. The van der Waals surface area contributed by atoms with Crippen LogP contribution in [-0.4, -0.2) is 24.4 Å². The van der Waals surface area contributed by atoms with Crippen molar-refractivity contribution in [1.29, 1.82) is 0 Å². The Bertz CT molecular complexity index is 405. The smallest absolute Gasteiger partial charge is 0.124 e. The number of rotatable bonds is 7. The normalized spacial score (nSPS) is 22.4. The summed E-state index contributed by atoms with van der Waals surface area (Å²) in [5.74, 6) is 1.53. The molecule has 3 nitrogen and oxygen atoms in total. The first-order valence-corrected chi connectivity index (χ1v) is 7.00. The van der Waals surface area contributed by atoms with Crippen LogP contribution >= 0.6 is 0 Å². The van der Waals surface area contributed by atoms with Crippen LogP contribution in [-0.2, 0) is 6.54 Å². The Balaban J connectivity index is 1.80. The van der Waals surface area contributed by atoms with Crippen molar-refractivity contribution in [1.82, 2.24) is 5.32 Å². The third-order valence-electron chi connectivity index (χ3n) is 3.59. The highest BCUT2D eigenvalue weighted by atomic mass is 16.5. The van der Waals surface area contributed by atoms with E-state index in [-0.39, 0.29) is 6.10 Å². The van der Waals surface area contributed by atoms with Crippen LogP contribution in [0, 0.1) is 5.92 Å². The van der Waals surface area contributed by atoms with Crippen LogP contribution in [0.2, 0.25) is 0 Å². The number of benzene rings is 1. The third-order valence-corrected chi connectivity index (χ3v) is 3.59. The number of hydrogen-bond acceptors (Lipinski definition) is 3. The van der Waals surface area contributed by atoms with E-state index in [0.717, 1.165) is 38.1 Å². The fraction of sp³-hybridized carbons (Fsp3) is 0.500. The maximum Gasteiger partial charge on any atom is 0.124 e. The van der Waals surface area contributed by atoms with Crippen molar-refractivity contribution in [3.8, 4) is 5.75 Å². The van der Waals surface area contributed by atoms with E-state index in [1.54, 1.807) is 6.08 Å². The van der Waals surface area contributed by atoms with Gasteiger partial charge in [0.15, 0.2) is 0 Å². The first-order chi connectivity index (χ1) is 9.29. The Labute approximate surface area is 115 Å². The quantitative estimate of drug-likeness (QED) is 0.741. The predicted octanol–water partition coefficient (Wildman–Crippen LogP) is 2.50. The molecule has 0 amide bonds. The number of hydrogen-bond donors (Lipinski definition) is 2. The summed E-state index contributed by atoms with van der Waals surface area (Å²) in [5.41, 5.74) is 1.17. The Morgan fingerprint density at radius 3 is 2.95 bits per heavy atom. The molecule has 0 bridgehead atoms. The van der Waals surface area contributed by atoms with Crippen molar-refractivity contribution in [2.24, 2.45) is 5.92 Å². The second kappa shape index (κ2) is 7.31. The zero-order valence-corrected chi connectivity index (χ0v) is 11.3. The second-order valence-electron chi connectivity index (χ2n) is 5.17. The Morgan fingerprint density at radius 1 is 1.37 bits per heavy atom. The van der Waals surface area contributed by atoms with Gasteiger partial charge in [0.05, 0.1) is 6.10 Å². The molecular formula is C16H23NO2. The molecule has 104 valence electrons. The number of ether oxygens (including phenoxy) is 1. The highest BCUT2D eigenvalue weighted by Crippen LogP contribution is 2.25. The standard InChI is InChI=1S/C16H23NO2/c1-2-9-19-16-6-4-3-5-14(16)12-17-11-13-7-8-15(18)10-13/h2-6,13,15,17-18H,1,7-12H2. The summed E-state index contributed by atoms with van der Waals surface area (Å²) in [4.78, 5) is 0. The SMILES string of the molecule is C=CCOc1ccccc1CNCC1CCC(O)C1. The Morgan fingerprint density at radius 2 is 2.21 bits per heavy atom. The zero-order chi connectivity index (χ0) is 13.5. The van der Waals surface area contributed by atoms with Crippen LogP contribution in [0.5, 0.6) is 5.75 Å². The first-order valence-electron chi connectivity index (χ1n) is 7.00.